The van der Waals surface area contributed by atoms with Crippen molar-refractivity contribution >= 4 is 11.9 Å². The number of aliphatic hydroxyl groups is 1. The van der Waals surface area contributed by atoms with E-state index < -0.39 is 6.10 Å². The minimum atomic E-state index is -0.465. The first-order valence-corrected chi connectivity index (χ1v) is 8.81. The van der Waals surface area contributed by atoms with Crippen molar-refractivity contribution < 1.29 is 19.4 Å². The van der Waals surface area contributed by atoms with Gasteiger partial charge in [0.2, 0.25) is 5.91 Å². The molecule has 2 aliphatic rings. The summed E-state index contributed by atoms with van der Waals surface area (Å²) in [6, 6.07) is 7.39. The fourth-order valence-electron chi connectivity index (χ4n) is 4.25. The molecule has 0 unspecified atom stereocenters. The normalized spacial score (nSPS) is 29.1. The van der Waals surface area contributed by atoms with Crippen molar-refractivity contribution in [2.24, 2.45) is 11.8 Å². The van der Waals surface area contributed by atoms with Gasteiger partial charge in [0.1, 0.15) is 0 Å². The predicted molar refractivity (Wildman–Crippen MR) is 92.9 cm³/mol. The summed E-state index contributed by atoms with van der Waals surface area (Å²) in [5.74, 6) is 0.544. The molecule has 6 heteroatoms. The number of methoxy groups -OCH3 is 1. The first-order chi connectivity index (χ1) is 12.0. The third-order valence-electron chi connectivity index (χ3n) is 5.36. The number of rotatable bonds is 4. The topological polar surface area (TPSA) is 78.9 Å². The maximum Gasteiger partial charge on any atom is 0.337 e. The lowest BCUT2D eigenvalue weighted by atomic mass is 9.77. The Hall–Kier alpha value is -1.92. The van der Waals surface area contributed by atoms with E-state index in [1.54, 1.807) is 6.07 Å². The van der Waals surface area contributed by atoms with Crippen molar-refractivity contribution in [1.82, 2.24) is 10.2 Å². The van der Waals surface area contributed by atoms with Crippen LogP contribution in [0.25, 0.3) is 0 Å². The van der Waals surface area contributed by atoms with Crippen molar-refractivity contribution in [1.29, 1.82) is 0 Å². The van der Waals surface area contributed by atoms with E-state index in [1.165, 1.54) is 14.0 Å². The number of ether oxygens (including phenoxy) is 1. The number of nitrogens with one attached hydrogen (secondary N) is 1. The summed E-state index contributed by atoms with van der Waals surface area (Å²) in [7, 11) is 1.39. The minimum Gasteiger partial charge on any atom is -0.465 e. The highest BCUT2D eigenvalue weighted by Gasteiger charge is 2.41. The molecule has 1 amide bonds. The summed E-state index contributed by atoms with van der Waals surface area (Å²) in [6.07, 6.45) is 1.09. The molecule has 1 aliphatic carbocycles. The third kappa shape index (κ3) is 4.19. The molecule has 1 saturated heterocycles. The molecule has 3 rings (SSSR count). The average Bonchev–Trinajstić information content (AvgIpc) is 2.95. The van der Waals surface area contributed by atoms with Crippen LogP contribution in [0, 0.1) is 11.8 Å². The lowest BCUT2D eigenvalue weighted by Crippen LogP contribution is -2.48. The number of amides is 1. The van der Waals surface area contributed by atoms with Gasteiger partial charge < -0.3 is 15.2 Å². The molecule has 0 aromatic heterocycles. The van der Waals surface area contributed by atoms with Crippen LogP contribution >= 0.6 is 0 Å². The smallest absolute Gasteiger partial charge is 0.337 e. The van der Waals surface area contributed by atoms with E-state index in [2.05, 4.69) is 10.2 Å². The lowest BCUT2D eigenvalue weighted by Gasteiger charge is -2.35. The number of carbonyl (C=O) groups is 2. The molecule has 136 valence electrons. The summed E-state index contributed by atoms with van der Waals surface area (Å²) in [5.41, 5.74) is 1.65. The second-order valence-electron chi connectivity index (χ2n) is 7.25. The number of nitrogens with zero attached hydrogens (tertiary/aromatic N) is 1. The molecule has 0 bridgehead atoms. The van der Waals surface area contributed by atoms with Crippen LogP contribution < -0.4 is 5.32 Å². The molecule has 4 atom stereocenters. The predicted octanol–water partition coefficient (Wildman–Crippen LogP) is 1.18. The van der Waals surface area contributed by atoms with Crippen LogP contribution in [0.15, 0.2) is 24.3 Å². The van der Waals surface area contributed by atoms with Gasteiger partial charge in [-0.15, -0.1) is 0 Å². The molecule has 2 fully saturated rings. The highest BCUT2D eigenvalue weighted by atomic mass is 16.5. The van der Waals surface area contributed by atoms with E-state index >= 15 is 0 Å². The van der Waals surface area contributed by atoms with Gasteiger partial charge in [0, 0.05) is 26.6 Å². The number of aliphatic hydroxyl groups excluding tert-OH is 1. The van der Waals surface area contributed by atoms with Gasteiger partial charge in [-0.1, -0.05) is 12.1 Å². The number of hydrogen-bond donors (Lipinski definition) is 2. The van der Waals surface area contributed by atoms with Crippen LogP contribution in [0.2, 0.25) is 0 Å². The first kappa shape index (κ1) is 17.9. The Morgan fingerprint density at radius 3 is 2.68 bits per heavy atom. The number of hydrogen-bond acceptors (Lipinski definition) is 5. The zero-order valence-electron chi connectivity index (χ0n) is 14.8. The van der Waals surface area contributed by atoms with Gasteiger partial charge >= 0.3 is 5.97 Å². The van der Waals surface area contributed by atoms with Crippen molar-refractivity contribution in [3.8, 4) is 0 Å². The zero-order chi connectivity index (χ0) is 18.0. The summed E-state index contributed by atoms with van der Waals surface area (Å²) < 4.78 is 4.78. The van der Waals surface area contributed by atoms with Crippen molar-refractivity contribution in [3.63, 3.8) is 0 Å². The largest absolute Gasteiger partial charge is 0.465 e. The summed E-state index contributed by atoms with van der Waals surface area (Å²) in [5, 5.41) is 13.2. The Labute approximate surface area is 148 Å². The summed E-state index contributed by atoms with van der Waals surface area (Å²) in [6.45, 7) is 4.17. The van der Waals surface area contributed by atoms with Gasteiger partial charge in [0.05, 0.1) is 24.8 Å². The maximum atomic E-state index is 11.7. The molecule has 1 heterocycles. The van der Waals surface area contributed by atoms with Crippen LogP contribution in [-0.2, 0) is 16.1 Å². The Morgan fingerprint density at radius 1 is 1.28 bits per heavy atom. The number of carbonyl (C=O) groups excluding carboxylic acids is 2. The van der Waals surface area contributed by atoms with E-state index in [4.69, 9.17) is 4.74 Å². The van der Waals surface area contributed by atoms with Crippen molar-refractivity contribution in [2.75, 3.05) is 20.2 Å². The molecule has 0 radical (unpaired) electrons. The fraction of sp³-hybridized carbons (Fsp3) is 0.579. The average molecular weight is 346 g/mol. The molecule has 2 N–H and O–H groups in total. The molecule has 6 nitrogen and oxygen atoms in total. The first-order valence-electron chi connectivity index (χ1n) is 8.81. The van der Waals surface area contributed by atoms with E-state index in [9.17, 15) is 14.7 Å². The molecule has 1 saturated carbocycles. The van der Waals surface area contributed by atoms with Crippen molar-refractivity contribution in [3.05, 3.63) is 35.4 Å². The Kier molecular flexibility index (Phi) is 5.39. The Balaban J connectivity index is 1.62. The molecule has 1 aromatic carbocycles. The van der Waals surface area contributed by atoms with Gasteiger partial charge in [0.15, 0.2) is 0 Å². The van der Waals surface area contributed by atoms with Crippen molar-refractivity contribution in [2.45, 2.75) is 38.5 Å². The Bertz CT molecular complexity index is 648. The van der Waals surface area contributed by atoms with Gasteiger partial charge in [-0.2, -0.15) is 0 Å². The second-order valence-corrected chi connectivity index (χ2v) is 7.25. The van der Waals surface area contributed by atoms with Crippen LogP contribution in [0.1, 0.15) is 35.7 Å². The van der Waals surface area contributed by atoms with Crippen LogP contribution in [-0.4, -0.2) is 54.2 Å². The third-order valence-corrected chi connectivity index (χ3v) is 5.36. The molecular formula is C19H26N2O4. The monoisotopic (exact) mass is 346 g/mol. The van der Waals surface area contributed by atoms with Gasteiger partial charge in [-0.3, -0.25) is 9.69 Å². The Morgan fingerprint density at radius 2 is 2.00 bits per heavy atom. The zero-order valence-corrected chi connectivity index (χ0v) is 14.8. The standard InChI is InChI=1S/C19H26N2O4/c1-12(22)20-17-7-15-10-21(11-16(15)8-18(17)23)9-13-4-3-5-14(6-13)19(24)25-2/h3-6,15-18,23H,7-11H2,1-2H3,(H,20,22)/t15-,16+,17-,18-/m1/s1. The van der Waals surface area contributed by atoms with Gasteiger partial charge in [-0.25, -0.2) is 4.79 Å². The van der Waals surface area contributed by atoms with Crippen LogP contribution in [0.3, 0.4) is 0 Å². The quantitative estimate of drug-likeness (QED) is 0.801. The van der Waals surface area contributed by atoms with E-state index in [-0.39, 0.29) is 17.9 Å². The SMILES string of the molecule is COC(=O)c1cccc(CN2C[C@H]3C[C@@H](NC(C)=O)[C@H](O)C[C@H]3C2)c1. The highest BCUT2D eigenvalue weighted by Crippen LogP contribution is 2.37. The van der Waals surface area contributed by atoms with E-state index in [0.29, 0.717) is 17.4 Å². The van der Waals surface area contributed by atoms with Gasteiger partial charge in [-0.05, 0) is 42.4 Å². The van der Waals surface area contributed by atoms with Gasteiger partial charge in [0.25, 0.3) is 0 Å². The lowest BCUT2D eigenvalue weighted by molar-refractivity contribution is -0.121. The number of likely N-dealkylation sites (tertiary alicyclic amines) is 1. The number of esters is 1. The molecule has 1 aliphatic heterocycles. The number of fused-ring (bicyclic) bond motifs is 1. The minimum absolute atomic E-state index is 0.0861. The van der Waals surface area contributed by atoms with E-state index in [0.717, 1.165) is 38.0 Å². The maximum absolute atomic E-state index is 11.7. The molecule has 25 heavy (non-hydrogen) atoms. The number of benzene rings is 1. The van der Waals surface area contributed by atoms with E-state index in [1.807, 2.05) is 18.2 Å². The van der Waals surface area contributed by atoms with Crippen LogP contribution in [0.4, 0.5) is 0 Å². The summed E-state index contributed by atoms with van der Waals surface area (Å²) in [4.78, 5) is 25.3. The summed E-state index contributed by atoms with van der Waals surface area (Å²) >= 11 is 0. The molecule has 0 spiro atoms. The molecule has 1 aromatic rings. The molecular weight excluding hydrogens is 320 g/mol. The highest BCUT2D eigenvalue weighted by molar-refractivity contribution is 5.89. The fourth-order valence-corrected chi connectivity index (χ4v) is 4.25. The second kappa shape index (κ2) is 7.54. The van der Waals surface area contributed by atoms with Crippen LogP contribution in [0.5, 0.6) is 0 Å².